The van der Waals surface area contributed by atoms with Gasteiger partial charge in [0.1, 0.15) is 12.4 Å². The maximum absolute atomic E-state index is 11.8. The molecule has 1 aliphatic rings. The van der Waals surface area contributed by atoms with Gasteiger partial charge in [-0.1, -0.05) is 37.5 Å². The summed E-state index contributed by atoms with van der Waals surface area (Å²) >= 11 is 0. The first-order valence-corrected chi connectivity index (χ1v) is 7.87. The van der Waals surface area contributed by atoms with Gasteiger partial charge >= 0.3 is 6.03 Å². The largest absolute Gasteiger partial charge is 0.492 e. The van der Waals surface area contributed by atoms with Crippen molar-refractivity contribution >= 4 is 6.03 Å². The lowest BCUT2D eigenvalue weighted by Crippen LogP contribution is -2.44. The maximum Gasteiger partial charge on any atom is 0.315 e. The molecule has 2 N–H and O–H groups in total. The van der Waals surface area contributed by atoms with Crippen LogP contribution in [0.4, 0.5) is 4.79 Å². The number of carbonyl (C=O) groups is 1. The van der Waals surface area contributed by atoms with Gasteiger partial charge in [-0.05, 0) is 37.8 Å². The molecule has 0 heterocycles. The first kappa shape index (κ1) is 15.7. The van der Waals surface area contributed by atoms with Crippen LogP contribution in [-0.4, -0.2) is 25.2 Å². The monoisotopic (exact) mass is 290 g/mol. The van der Waals surface area contributed by atoms with Crippen molar-refractivity contribution in [2.24, 2.45) is 5.92 Å². The smallest absolute Gasteiger partial charge is 0.315 e. The van der Waals surface area contributed by atoms with Crippen molar-refractivity contribution in [2.75, 3.05) is 13.2 Å². The number of urea groups is 1. The predicted molar refractivity (Wildman–Crippen MR) is 84.6 cm³/mol. The fourth-order valence-electron chi connectivity index (χ4n) is 2.77. The van der Waals surface area contributed by atoms with Crippen molar-refractivity contribution in [3.8, 4) is 5.75 Å². The zero-order valence-electron chi connectivity index (χ0n) is 13.0. The minimum atomic E-state index is -0.0818. The number of hydrogen-bond acceptors (Lipinski definition) is 2. The number of nitrogens with one attached hydrogen (secondary N) is 2. The molecule has 0 saturated heterocycles. The number of carbonyl (C=O) groups excluding carboxylic acids is 1. The van der Waals surface area contributed by atoms with Crippen LogP contribution in [0.15, 0.2) is 24.3 Å². The van der Waals surface area contributed by atoms with Crippen molar-refractivity contribution in [1.29, 1.82) is 0 Å². The molecule has 2 amide bonds. The number of aryl methyl sites for hydroxylation is 1. The van der Waals surface area contributed by atoms with E-state index in [-0.39, 0.29) is 6.03 Å². The minimum Gasteiger partial charge on any atom is -0.492 e. The molecule has 0 unspecified atom stereocenters. The van der Waals surface area contributed by atoms with Gasteiger partial charge < -0.3 is 15.4 Å². The van der Waals surface area contributed by atoms with Crippen LogP contribution < -0.4 is 15.4 Å². The van der Waals surface area contributed by atoms with E-state index in [1.807, 2.05) is 31.2 Å². The van der Waals surface area contributed by atoms with Crippen LogP contribution in [0.25, 0.3) is 0 Å². The Morgan fingerprint density at radius 2 is 2.05 bits per heavy atom. The highest BCUT2D eigenvalue weighted by atomic mass is 16.5. The normalized spacial score (nSPS) is 21.6. The molecule has 1 fully saturated rings. The third-order valence-corrected chi connectivity index (χ3v) is 3.95. The lowest BCUT2D eigenvalue weighted by molar-refractivity contribution is 0.224. The quantitative estimate of drug-likeness (QED) is 0.818. The lowest BCUT2D eigenvalue weighted by Gasteiger charge is -2.27. The highest BCUT2D eigenvalue weighted by molar-refractivity contribution is 5.74. The van der Waals surface area contributed by atoms with Crippen LogP contribution in [0.2, 0.25) is 0 Å². The first-order chi connectivity index (χ1) is 10.1. The highest BCUT2D eigenvalue weighted by Gasteiger charge is 2.19. The molecule has 4 heteroatoms. The van der Waals surface area contributed by atoms with Gasteiger partial charge in [0.25, 0.3) is 0 Å². The molecule has 0 bridgehead atoms. The van der Waals surface area contributed by atoms with Gasteiger partial charge in [-0.15, -0.1) is 0 Å². The summed E-state index contributed by atoms with van der Waals surface area (Å²) in [4.78, 5) is 11.8. The Labute approximate surface area is 127 Å². The molecule has 21 heavy (non-hydrogen) atoms. The van der Waals surface area contributed by atoms with Crippen molar-refractivity contribution in [3.05, 3.63) is 29.8 Å². The summed E-state index contributed by atoms with van der Waals surface area (Å²) in [6.45, 7) is 5.29. The molecule has 0 aliphatic heterocycles. The fourth-order valence-corrected chi connectivity index (χ4v) is 2.77. The highest BCUT2D eigenvalue weighted by Crippen LogP contribution is 2.23. The van der Waals surface area contributed by atoms with Gasteiger partial charge in [0.2, 0.25) is 0 Å². The van der Waals surface area contributed by atoms with Gasteiger partial charge in [-0.3, -0.25) is 0 Å². The molecule has 0 spiro atoms. The van der Waals surface area contributed by atoms with Crippen LogP contribution in [0.3, 0.4) is 0 Å². The molecule has 116 valence electrons. The Balaban J connectivity index is 1.59. The number of amides is 2. The number of ether oxygens (including phenoxy) is 1. The lowest BCUT2D eigenvalue weighted by atomic mass is 9.87. The van der Waals surface area contributed by atoms with Crippen molar-refractivity contribution in [2.45, 2.75) is 45.6 Å². The van der Waals surface area contributed by atoms with Gasteiger partial charge in [-0.25, -0.2) is 4.79 Å². The molecule has 2 rings (SSSR count). The van der Waals surface area contributed by atoms with Crippen molar-refractivity contribution in [3.63, 3.8) is 0 Å². The Morgan fingerprint density at radius 1 is 1.29 bits per heavy atom. The van der Waals surface area contributed by atoms with Crippen LogP contribution in [0.5, 0.6) is 5.75 Å². The van der Waals surface area contributed by atoms with Gasteiger partial charge in [-0.2, -0.15) is 0 Å². The van der Waals surface area contributed by atoms with Crippen LogP contribution >= 0.6 is 0 Å². The second-order valence-electron chi connectivity index (χ2n) is 6.03. The maximum atomic E-state index is 11.8. The number of rotatable bonds is 5. The SMILES string of the molecule is Cc1ccc(OCCNC(=O)N[C@H]2CCC[C@H](C)C2)cc1. The molecule has 0 radical (unpaired) electrons. The average molecular weight is 290 g/mol. The topological polar surface area (TPSA) is 50.4 Å². The summed E-state index contributed by atoms with van der Waals surface area (Å²) < 4.78 is 5.58. The molecule has 0 aromatic heterocycles. The fraction of sp³-hybridized carbons (Fsp3) is 0.588. The van der Waals surface area contributed by atoms with E-state index in [2.05, 4.69) is 17.6 Å². The first-order valence-electron chi connectivity index (χ1n) is 7.87. The van der Waals surface area contributed by atoms with Crippen LogP contribution in [0, 0.1) is 12.8 Å². The van der Waals surface area contributed by atoms with E-state index in [4.69, 9.17) is 4.74 Å². The molecule has 1 aliphatic carbocycles. The third-order valence-electron chi connectivity index (χ3n) is 3.95. The standard InChI is InChI=1S/C17H26N2O2/c1-13-6-8-16(9-7-13)21-11-10-18-17(20)19-15-5-3-4-14(2)12-15/h6-9,14-15H,3-5,10-12H2,1-2H3,(H2,18,19,20)/t14-,15-/m0/s1. The Morgan fingerprint density at radius 3 is 2.76 bits per heavy atom. The molecule has 1 aromatic carbocycles. The minimum absolute atomic E-state index is 0.0818. The molecule has 1 saturated carbocycles. The number of benzene rings is 1. The summed E-state index contributed by atoms with van der Waals surface area (Å²) in [5.74, 6) is 1.55. The summed E-state index contributed by atoms with van der Waals surface area (Å²) in [6, 6.07) is 8.16. The molecular weight excluding hydrogens is 264 g/mol. The zero-order chi connectivity index (χ0) is 15.1. The Hall–Kier alpha value is -1.71. The van der Waals surface area contributed by atoms with Gasteiger partial charge in [0, 0.05) is 6.04 Å². The van der Waals surface area contributed by atoms with Crippen LogP contribution in [-0.2, 0) is 0 Å². The van der Waals surface area contributed by atoms with E-state index < -0.39 is 0 Å². The second kappa shape index (κ2) is 7.91. The van der Waals surface area contributed by atoms with Gasteiger partial charge in [0.05, 0.1) is 6.54 Å². The molecular formula is C17H26N2O2. The zero-order valence-corrected chi connectivity index (χ0v) is 13.0. The summed E-state index contributed by atoms with van der Waals surface area (Å²) in [7, 11) is 0. The van der Waals surface area contributed by atoms with E-state index in [0.29, 0.717) is 25.1 Å². The van der Waals surface area contributed by atoms with Gasteiger partial charge in [0.15, 0.2) is 0 Å². The van der Waals surface area contributed by atoms with E-state index >= 15 is 0 Å². The van der Waals surface area contributed by atoms with Crippen LogP contribution in [0.1, 0.15) is 38.2 Å². The number of hydrogen-bond donors (Lipinski definition) is 2. The average Bonchev–Trinajstić information content (AvgIpc) is 2.45. The van der Waals surface area contributed by atoms with E-state index in [0.717, 1.165) is 18.6 Å². The predicted octanol–water partition coefficient (Wildman–Crippen LogP) is 3.25. The molecule has 1 aromatic rings. The summed E-state index contributed by atoms with van der Waals surface area (Å²) in [6.07, 6.45) is 4.68. The third kappa shape index (κ3) is 5.66. The Kier molecular flexibility index (Phi) is 5.90. The van der Waals surface area contributed by atoms with E-state index in [9.17, 15) is 4.79 Å². The molecule has 2 atom stereocenters. The Bertz CT molecular complexity index is 445. The second-order valence-corrected chi connectivity index (χ2v) is 6.03. The molecule has 4 nitrogen and oxygen atoms in total. The summed E-state index contributed by atoms with van der Waals surface area (Å²) in [5, 5.41) is 5.90. The van der Waals surface area contributed by atoms with E-state index in [1.165, 1.54) is 18.4 Å². The summed E-state index contributed by atoms with van der Waals surface area (Å²) in [5.41, 5.74) is 1.21. The van der Waals surface area contributed by atoms with E-state index in [1.54, 1.807) is 0 Å². The van der Waals surface area contributed by atoms with Crippen molar-refractivity contribution < 1.29 is 9.53 Å². The van der Waals surface area contributed by atoms with Crippen molar-refractivity contribution in [1.82, 2.24) is 10.6 Å².